The van der Waals surface area contributed by atoms with Crippen LogP contribution in [-0.2, 0) is 4.74 Å². The molecule has 0 aromatic carbocycles. The zero-order valence-corrected chi connectivity index (χ0v) is 12.0. The standard InChI is InChI=1S/C15H29NO2/c1-3-14-10-18-8-7-16(14)11-15(12-17)6-4-5-13(2)9-15/h13-14,17H,3-12H2,1-2H3. The second-order valence-corrected chi connectivity index (χ2v) is 6.47. The number of rotatable bonds is 4. The second-order valence-electron chi connectivity index (χ2n) is 6.47. The fourth-order valence-electron chi connectivity index (χ4n) is 3.81. The van der Waals surface area contributed by atoms with Crippen LogP contribution >= 0.6 is 0 Å². The van der Waals surface area contributed by atoms with E-state index in [1.807, 2.05) is 0 Å². The summed E-state index contributed by atoms with van der Waals surface area (Å²) in [5, 5.41) is 9.89. The highest BCUT2D eigenvalue weighted by Crippen LogP contribution is 2.40. The maximum absolute atomic E-state index is 9.89. The smallest absolute Gasteiger partial charge is 0.0622 e. The van der Waals surface area contributed by atoms with Gasteiger partial charge in [-0.2, -0.15) is 0 Å². The van der Waals surface area contributed by atoms with E-state index >= 15 is 0 Å². The maximum atomic E-state index is 9.89. The van der Waals surface area contributed by atoms with Crippen LogP contribution in [0.4, 0.5) is 0 Å². The van der Waals surface area contributed by atoms with Crippen molar-refractivity contribution in [2.45, 2.75) is 52.0 Å². The first-order chi connectivity index (χ1) is 8.69. The minimum Gasteiger partial charge on any atom is -0.396 e. The van der Waals surface area contributed by atoms with Crippen molar-refractivity contribution in [1.82, 2.24) is 4.90 Å². The van der Waals surface area contributed by atoms with Crippen LogP contribution in [0.3, 0.4) is 0 Å². The zero-order chi connectivity index (χ0) is 13.0. The third-order valence-corrected chi connectivity index (χ3v) is 4.88. The lowest BCUT2D eigenvalue weighted by molar-refractivity contribution is -0.0509. The molecule has 3 heteroatoms. The summed E-state index contributed by atoms with van der Waals surface area (Å²) >= 11 is 0. The first-order valence-electron chi connectivity index (χ1n) is 7.62. The monoisotopic (exact) mass is 255 g/mol. The molecule has 2 fully saturated rings. The normalized spacial score (nSPS) is 38.8. The third kappa shape index (κ3) is 3.25. The first-order valence-corrected chi connectivity index (χ1v) is 7.62. The number of morpholine rings is 1. The number of nitrogens with zero attached hydrogens (tertiary/aromatic N) is 1. The molecule has 0 amide bonds. The Balaban J connectivity index is 1.99. The molecule has 0 aromatic rings. The van der Waals surface area contributed by atoms with Crippen molar-refractivity contribution in [3.05, 3.63) is 0 Å². The van der Waals surface area contributed by atoms with E-state index < -0.39 is 0 Å². The van der Waals surface area contributed by atoms with Gasteiger partial charge in [-0.05, 0) is 25.2 Å². The summed E-state index contributed by atoms with van der Waals surface area (Å²) in [6.07, 6.45) is 6.15. The predicted molar refractivity (Wildman–Crippen MR) is 73.6 cm³/mol. The third-order valence-electron chi connectivity index (χ3n) is 4.88. The van der Waals surface area contributed by atoms with Gasteiger partial charge in [-0.1, -0.05) is 26.7 Å². The van der Waals surface area contributed by atoms with Gasteiger partial charge in [0.25, 0.3) is 0 Å². The lowest BCUT2D eigenvalue weighted by atomic mass is 9.70. The summed E-state index contributed by atoms with van der Waals surface area (Å²) in [6, 6.07) is 0.555. The molecule has 18 heavy (non-hydrogen) atoms. The summed E-state index contributed by atoms with van der Waals surface area (Å²) in [7, 11) is 0. The molecule has 1 aliphatic carbocycles. The van der Waals surface area contributed by atoms with E-state index in [0.717, 1.165) is 38.6 Å². The zero-order valence-electron chi connectivity index (χ0n) is 12.0. The number of aliphatic hydroxyl groups is 1. The largest absolute Gasteiger partial charge is 0.396 e. The van der Waals surface area contributed by atoms with Crippen molar-refractivity contribution >= 4 is 0 Å². The van der Waals surface area contributed by atoms with Gasteiger partial charge in [-0.15, -0.1) is 0 Å². The van der Waals surface area contributed by atoms with Crippen LogP contribution in [0.1, 0.15) is 46.0 Å². The van der Waals surface area contributed by atoms with Crippen LogP contribution in [0.5, 0.6) is 0 Å². The molecule has 3 unspecified atom stereocenters. The van der Waals surface area contributed by atoms with Crippen LogP contribution in [0.15, 0.2) is 0 Å². The Morgan fingerprint density at radius 2 is 2.28 bits per heavy atom. The van der Waals surface area contributed by atoms with Crippen LogP contribution in [0.2, 0.25) is 0 Å². The minimum atomic E-state index is 0.155. The number of ether oxygens (including phenoxy) is 1. The molecule has 1 saturated carbocycles. The van der Waals surface area contributed by atoms with Gasteiger partial charge < -0.3 is 9.84 Å². The number of aliphatic hydroxyl groups excluding tert-OH is 1. The summed E-state index contributed by atoms with van der Waals surface area (Å²) in [6.45, 7) is 8.75. The maximum Gasteiger partial charge on any atom is 0.0622 e. The Morgan fingerprint density at radius 1 is 1.44 bits per heavy atom. The second kappa shape index (κ2) is 6.36. The Kier molecular flexibility index (Phi) is 5.05. The lowest BCUT2D eigenvalue weighted by Gasteiger charge is -2.45. The Hall–Kier alpha value is -0.120. The van der Waals surface area contributed by atoms with E-state index in [9.17, 15) is 5.11 Å². The van der Waals surface area contributed by atoms with Gasteiger partial charge in [0.05, 0.1) is 13.2 Å². The Bertz CT molecular complexity index is 259. The molecule has 0 radical (unpaired) electrons. The number of hydrogen-bond acceptors (Lipinski definition) is 3. The van der Waals surface area contributed by atoms with Crippen LogP contribution in [0, 0.1) is 11.3 Å². The quantitative estimate of drug-likeness (QED) is 0.836. The van der Waals surface area contributed by atoms with E-state index in [1.165, 1.54) is 25.7 Å². The average molecular weight is 255 g/mol. The molecule has 1 N–H and O–H groups in total. The van der Waals surface area contributed by atoms with Crippen molar-refractivity contribution in [3.8, 4) is 0 Å². The van der Waals surface area contributed by atoms with Crippen molar-refractivity contribution in [1.29, 1.82) is 0 Å². The Labute approximate surface area is 112 Å². The van der Waals surface area contributed by atoms with E-state index in [0.29, 0.717) is 12.6 Å². The summed E-state index contributed by atoms with van der Waals surface area (Å²) in [4.78, 5) is 2.57. The molecule has 0 bridgehead atoms. The van der Waals surface area contributed by atoms with E-state index in [-0.39, 0.29) is 5.41 Å². The molecular weight excluding hydrogens is 226 g/mol. The average Bonchev–Trinajstić information content (AvgIpc) is 2.39. The highest BCUT2D eigenvalue weighted by molar-refractivity contribution is 4.90. The molecule has 0 spiro atoms. The molecule has 2 aliphatic rings. The fraction of sp³-hybridized carbons (Fsp3) is 1.00. The summed E-state index contributed by atoms with van der Waals surface area (Å²) in [5.74, 6) is 0.770. The van der Waals surface area contributed by atoms with Gasteiger partial charge >= 0.3 is 0 Å². The summed E-state index contributed by atoms with van der Waals surface area (Å²) in [5.41, 5.74) is 0.155. The molecule has 3 nitrogen and oxygen atoms in total. The van der Waals surface area contributed by atoms with Crippen LogP contribution in [0.25, 0.3) is 0 Å². The molecular formula is C15H29NO2. The highest BCUT2D eigenvalue weighted by Gasteiger charge is 2.37. The van der Waals surface area contributed by atoms with E-state index in [4.69, 9.17) is 4.74 Å². The van der Waals surface area contributed by atoms with Gasteiger partial charge in [-0.25, -0.2) is 0 Å². The molecule has 3 atom stereocenters. The fourth-order valence-corrected chi connectivity index (χ4v) is 3.81. The molecule has 1 heterocycles. The SMILES string of the molecule is CCC1COCCN1CC1(CO)CCCC(C)C1. The van der Waals surface area contributed by atoms with Gasteiger partial charge in [0, 0.05) is 31.2 Å². The van der Waals surface area contributed by atoms with Gasteiger partial charge in [0.2, 0.25) is 0 Å². The van der Waals surface area contributed by atoms with Crippen LogP contribution < -0.4 is 0 Å². The highest BCUT2D eigenvalue weighted by atomic mass is 16.5. The summed E-state index contributed by atoms with van der Waals surface area (Å²) < 4.78 is 5.58. The van der Waals surface area contributed by atoms with Gasteiger partial charge in [0.15, 0.2) is 0 Å². The predicted octanol–water partition coefficient (Wildman–Crippen LogP) is 2.29. The Morgan fingerprint density at radius 3 is 2.94 bits per heavy atom. The van der Waals surface area contributed by atoms with Crippen molar-refractivity contribution in [2.24, 2.45) is 11.3 Å². The number of hydrogen-bond donors (Lipinski definition) is 1. The van der Waals surface area contributed by atoms with Gasteiger partial charge in [0.1, 0.15) is 0 Å². The van der Waals surface area contributed by atoms with E-state index in [1.54, 1.807) is 0 Å². The lowest BCUT2D eigenvalue weighted by Crippen LogP contribution is -2.51. The van der Waals surface area contributed by atoms with Crippen molar-refractivity contribution in [2.75, 3.05) is 32.9 Å². The van der Waals surface area contributed by atoms with Crippen molar-refractivity contribution < 1.29 is 9.84 Å². The van der Waals surface area contributed by atoms with Crippen molar-refractivity contribution in [3.63, 3.8) is 0 Å². The topological polar surface area (TPSA) is 32.7 Å². The first kappa shape index (κ1) is 14.3. The van der Waals surface area contributed by atoms with E-state index in [2.05, 4.69) is 18.7 Å². The molecule has 0 aromatic heterocycles. The van der Waals surface area contributed by atoms with Gasteiger partial charge in [-0.3, -0.25) is 4.90 Å². The molecule has 1 saturated heterocycles. The van der Waals surface area contributed by atoms with Crippen LogP contribution in [-0.4, -0.2) is 49.0 Å². The molecule has 2 rings (SSSR count). The minimum absolute atomic E-state index is 0.155. The molecule has 1 aliphatic heterocycles. The molecule has 106 valence electrons.